The Labute approximate surface area is 163 Å². The number of benzene rings is 1. The lowest BCUT2D eigenvalue weighted by molar-refractivity contribution is -0.137. The van der Waals surface area contributed by atoms with E-state index in [9.17, 15) is 18.0 Å². The van der Waals surface area contributed by atoms with E-state index in [0.29, 0.717) is 18.7 Å². The van der Waals surface area contributed by atoms with E-state index in [4.69, 9.17) is 0 Å². The van der Waals surface area contributed by atoms with Gasteiger partial charge in [-0.3, -0.25) is 0 Å². The minimum atomic E-state index is -4.37. The number of alkyl halides is 3. The molecule has 0 bridgehead atoms. The van der Waals surface area contributed by atoms with E-state index < -0.39 is 11.7 Å². The number of amides is 2. The highest BCUT2D eigenvalue weighted by Crippen LogP contribution is 2.29. The zero-order valence-corrected chi connectivity index (χ0v) is 16.4. The Morgan fingerprint density at radius 2 is 1.93 bits per heavy atom. The fourth-order valence-corrected chi connectivity index (χ4v) is 2.76. The van der Waals surface area contributed by atoms with Gasteiger partial charge in [0.1, 0.15) is 0 Å². The molecule has 1 N–H and O–H groups in total. The second kappa shape index (κ2) is 8.54. The number of carbonyl (C=O) groups excluding carboxylic acids is 1. The van der Waals surface area contributed by atoms with Gasteiger partial charge in [-0.25, -0.2) is 4.79 Å². The van der Waals surface area contributed by atoms with Gasteiger partial charge in [0.05, 0.1) is 12.1 Å². The number of nitrogens with zero attached hydrogens (tertiary/aromatic N) is 2. The smallest absolute Gasteiger partial charge is 0.345 e. The van der Waals surface area contributed by atoms with Crippen LogP contribution in [0.15, 0.2) is 55.3 Å². The van der Waals surface area contributed by atoms with Crippen LogP contribution in [0, 0.1) is 0 Å². The molecule has 0 aliphatic carbocycles. The van der Waals surface area contributed by atoms with E-state index in [2.05, 4.69) is 11.9 Å². The van der Waals surface area contributed by atoms with E-state index in [1.54, 1.807) is 23.2 Å². The van der Waals surface area contributed by atoms with Crippen LogP contribution in [0.5, 0.6) is 0 Å². The van der Waals surface area contributed by atoms with Crippen molar-refractivity contribution in [2.45, 2.75) is 45.6 Å². The first-order valence-electron chi connectivity index (χ1n) is 8.98. The average Bonchev–Trinajstić information content (AvgIpc) is 2.99. The summed E-state index contributed by atoms with van der Waals surface area (Å²) in [4.78, 5) is 14.1. The van der Waals surface area contributed by atoms with Crippen LogP contribution in [0.25, 0.3) is 0 Å². The van der Waals surface area contributed by atoms with Gasteiger partial charge in [0.2, 0.25) is 0 Å². The van der Waals surface area contributed by atoms with Crippen molar-refractivity contribution in [1.29, 1.82) is 0 Å². The third kappa shape index (κ3) is 6.18. The molecular formula is C21H26F3N3O. The third-order valence-electron chi connectivity index (χ3n) is 4.00. The molecule has 0 saturated heterocycles. The van der Waals surface area contributed by atoms with Crippen molar-refractivity contribution in [2.75, 3.05) is 6.54 Å². The quantitative estimate of drug-likeness (QED) is 0.685. The van der Waals surface area contributed by atoms with Gasteiger partial charge in [-0.05, 0) is 50.6 Å². The van der Waals surface area contributed by atoms with Gasteiger partial charge in [0, 0.05) is 30.5 Å². The summed E-state index contributed by atoms with van der Waals surface area (Å²) in [6.45, 7) is 10.3. The Balaban J connectivity index is 2.18. The van der Waals surface area contributed by atoms with Crippen LogP contribution in [0.4, 0.5) is 18.0 Å². The minimum absolute atomic E-state index is 0.223. The lowest BCUT2D eigenvalue weighted by Gasteiger charge is -2.28. The lowest BCUT2D eigenvalue weighted by atomic mass is 10.1. The van der Waals surface area contributed by atoms with E-state index in [0.717, 1.165) is 17.8 Å². The van der Waals surface area contributed by atoms with E-state index in [1.807, 2.05) is 37.5 Å². The monoisotopic (exact) mass is 393 g/mol. The molecular weight excluding hydrogens is 367 g/mol. The summed E-state index contributed by atoms with van der Waals surface area (Å²) < 4.78 is 40.7. The highest BCUT2D eigenvalue weighted by Gasteiger charge is 2.30. The van der Waals surface area contributed by atoms with Gasteiger partial charge in [-0.15, -0.1) is 6.58 Å². The zero-order chi connectivity index (χ0) is 20.9. The maximum absolute atomic E-state index is 12.9. The Kier molecular flexibility index (Phi) is 6.59. The van der Waals surface area contributed by atoms with Crippen molar-refractivity contribution in [3.05, 3.63) is 72.1 Å². The summed E-state index contributed by atoms with van der Waals surface area (Å²) in [6.07, 6.45) is -0.937. The molecule has 152 valence electrons. The molecule has 1 heterocycles. The van der Waals surface area contributed by atoms with Crippen molar-refractivity contribution >= 4 is 6.03 Å². The fraction of sp³-hybridized carbons (Fsp3) is 0.381. The number of hydrogen-bond donors (Lipinski definition) is 1. The molecule has 2 amide bonds. The zero-order valence-electron chi connectivity index (χ0n) is 16.4. The van der Waals surface area contributed by atoms with E-state index >= 15 is 0 Å². The molecule has 0 unspecified atom stereocenters. The molecule has 0 atom stereocenters. The number of urea groups is 1. The molecule has 0 aliphatic heterocycles. The standard InChI is InChI=1S/C21H26F3N3O/c1-5-11-27(19(28)25-20(2,3)4)15-18-10-7-12-26(18)14-16-8-6-9-17(13-16)21(22,23)24/h5-10,12-13H,1,11,14-15H2,2-4H3,(H,25,28). The fourth-order valence-electron chi connectivity index (χ4n) is 2.76. The maximum atomic E-state index is 12.9. The molecule has 7 heteroatoms. The number of hydrogen-bond acceptors (Lipinski definition) is 1. The summed E-state index contributed by atoms with van der Waals surface area (Å²) in [6, 6.07) is 8.72. The summed E-state index contributed by atoms with van der Waals surface area (Å²) in [5, 5.41) is 2.91. The Hall–Kier alpha value is -2.70. The summed E-state index contributed by atoms with van der Waals surface area (Å²) in [5.41, 5.74) is 0.317. The van der Waals surface area contributed by atoms with Gasteiger partial charge in [0.15, 0.2) is 0 Å². The van der Waals surface area contributed by atoms with Crippen molar-refractivity contribution in [3.8, 4) is 0 Å². The first-order valence-corrected chi connectivity index (χ1v) is 8.98. The SMILES string of the molecule is C=CCN(Cc1cccn1Cc1cccc(C(F)(F)F)c1)C(=O)NC(C)(C)C. The Morgan fingerprint density at radius 1 is 1.21 bits per heavy atom. The maximum Gasteiger partial charge on any atom is 0.416 e. The van der Waals surface area contributed by atoms with E-state index in [-0.39, 0.29) is 18.1 Å². The number of rotatable bonds is 6. The molecule has 4 nitrogen and oxygen atoms in total. The number of halogens is 3. The molecule has 2 aromatic rings. The molecule has 2 rings (SSSR count). The Morgan fingerprint density at radius 3 is 2.54 bits per heavy atom. The Bertz CT molecular complexity index is 819. The first-order chi connectivity index (χ1) is 13.0. The lowest BCUT2D eigenvalue weighted by Crippen LogP contribution is -2.48. The largest absolute Gasteiger partial charge is 0.416 e. The molecule has 0 aliphatic rings. The molecule has 0 fully saturated rings. The van der Waals surface area contributed by atoms with Crippen LogP contribution in [0.3, 0.4) is 0 Å². The second-order valence-electron chi connectivity index (χ2n) is 7.67. The topological polar surface area (TPSA) is 37.3 Å². The minimum Gasteiger partial charge on any atom is -0.345 e. The number of aromatic nitrogens is 1. The summed E-state index contributed by atoms with van der Waals surface area (Å²) >= 11 is 0. The highest BCUT2D eigenvalue weighted by atomic mass is 19.4. The summed E-state index contributed by atoms with van der Waals surface area (Å²) in [7, 11) is 0. The van der Waals surface area contributed by atoms with Crippen molar-refractivity contribution in [3.63, 3.8) is 0 Å². The van der Waals surface area contributed by atoms with Crippen LogP contribution >= 0.6 is 0 Å². The highest BCUT2D eigenvalue weighted by molar-refractivity contribution is 5.75. The molecule has 0 saturated carbocycles. The average molecular weight is 393 g/mol. The van der Waals surface area contributed by atoms with Gasteiger partial charge in [0.25, 0.3) is 0 Å². The number of carbonyl (C=O) groups is 1. The molecule has 1 aromatic heterocycles. The number of nitrogens with one attached hydrogen (secondary N) is 1. The van der Waals surface area contributed by atoms with Gasteiger partial charge >= 0.3 is 12.2 Å². The molecule has 0 radical (unpaired) electrons. The van der Waals surface area contributed by atoms with E-state index in [1.165, 1.54) is 6.07 Å². The normalized spacial score (nSPS) is 11.9. The predicted octanol–water partition coefficient (Wildman–Crippen LogP) is 5.05. The molecule has 28 heavy (non-hydrogen) atoms. The first kappa shape index (κ1) is 21.6. The van der Waals surface area contributed by atoms with Crippen LogP contribution in [0.2, 0.25) is 0 Å². The third-order valence-corrected chi connectivity index (χ3v) is 4.00. The van der Waals surface area contributed by atoms with Gasteiger partial charge in [-0.1, -0.05) is 18.2 Å². The summed E-state index contributed by atoms with van der Waals surface area (Å²) in [5.74, 6) is 0. The van der Waals surface area contributed by atoms with Crippen molar-refractivity contribution in [2.24, 2.45) is 0 Å². The van der Waals surface area contributed by atoms with Crippen LogP contribution in [-0.2, 0) is 19.3 Å². The van der Waals surface area contributed by atoms with Gasteiger partial charge < -0.3 is 14.8 Å². The molecule has 0 spiro atoms. The van der Waals surface area contributed by atoms with Crippen LogP contribution < -0.4 is 5.32 Å². The molecule has 1 aromatic carbocycles. The van der Waals surface area contributed by atoms with Crippen LogP contribution in [0.1, 0.15) is 37.6 Å². The second-order valence-corrected chi connectivity index (χ2v) is 7.67. The van der Waals surface area contributed by atoms with Crippen LogP contribution in [-0.4, -0.2) is 27.6 Å². The van der Waals surface area contributed by atoms with Gasteiger partial charge in [-0.2, -0.15) is 13.2 Å². The van der Waals surface area contributed by atoms with Crippen molar-refractivity contribution < 1.29 is 18.0 Å². The van der Waals surface area contributed by atoms with Crippen molar-refractivity contribution in [1.82, 2.24) is 14.8 Å². The predicted molar refractivity (Wildman–Crippen MR) is 104 cm³/mol.